The predicted molar refractivity (Wildman–Crippen MR) is 117 cm³/mol. The Kier molecular flexibility index (Phi) is 6.13. The molecule has 0 aromatic heterocycles. The summed E-state index contributed by atoms with van der Waals surface area (Å²) >= 11 is 5.86. The Morgan fingerprint density at radius 2 is 1.55 bits per heavy atom. The highest BCUT2D eigenvalue weighted by atomic mass is 35.5. The van der Waals surface area contributed by atoms with Crippen LogP contribution in [0.1, 0.15) is 25.7 Å². The van der Waals surface area contributed by atoms with Crippen molar-refractivity contribution in [2.45, 2.75) is 52.8 Å². The van der Waals surface area contributed by atoms with Crippen LogP contribution in [0.15, 0.2) is 64.4 Å². The molecule has 7 nitrogen and oxygen atoms in total. The van der Waals surface area contributed by atoms with Crippen LogP contribution in [0.3, 0.4) is 0 Å². The fourth-order valence-corrected chi connectivity index (χ4v) is 7.70. The van der Waals surface area contributed by atoms with Gasteiger partial charge in [0.05, 0.1) is 21.6 Å². The van der Waals surface area contributed by atoms with Crippen LogP contribution in [-0.2, 0) is 24.7 Å². The molecular weight excluding hydrogens is 460 g/mol. The maximum absolute atomic E-state index is 13.0. The number of hydrogen-bond acceptors (Lipinski definition) is 5. The lowest BCUT2D eigenvalue weighted by molar-refractivity contribution is -0.134. The number of rotatable bonds is 6. The van der Waals surface area contributed by atoms with Crippen molar-refractivity contribution in [2.75, 3.05) is 6.54 Å². The molecule has 166 valence electrons. The van der Waals surface area contributed by atoms with Crippen LogP contribution >= 0.6 is 11.6 Å². The first kappa shape index (κ1) is 22.3. The van der Waals surface area contributed by atoms with Crippen molar-refractivity contribution < 1.29 is 21.6 Å². The van der Waals surface area contributed by atoms with Gasteiger partial charge in [0.15, 0.2) is 9.84 Å². The van der Waals surface area contributed by atoms with Crippen molar-refractivity contribution in [3.63, 3.8) is 0 Å². The predicted octanol–water partition coefficient (Wildman–Crippen LogP) is 2.61. The molecule has 0 spiro atoms. The molecule has 0 aliphatic carbocycles. The van der Waals surface area contributed by atoms with E-state index in [1.807, 2.05) is 0 Å². The third-order valence-electron chi connectivity index (χ3n) is 6.01. The molecule has 2 aliphatic rings. The van der Waals surface area contributed by atoms with Gasteiger partial charge in [-0.3, -0.25) is 4.79 Å². The smallest absolute Gasteiger partial charge is 0.241 e. The molecule has 2 aromatic rings. The fraction of sp³-hybridized carbons (Fsp3) is 0.381. The summed E-state index contributed by atoms with van der Waals surface area (Å²) in [6.45, 7) is -0.377. The topological polar surface area (TPSA) is 101 Å². The van der Waals surface area contributed by atoms with Gasteiger partial charge < -0.3 is 4.90 Å². The van der Waals surface area contributed by atoms with E-state index in [1.54, 1.807) is 41.3 Å². The summed E-state index contributed by atoms with van der Waals surface area (Å²) in [5.74, 6) is -0.339. The fourth-order valence-electron chi connectivity index (χ4n) is 4.56. The number of carbonyl (C=O) groups excluding carboxylic acids is 1. The largest absolute Gasteiger partial charge is 0.336 e. The van der Waals surface area contributed by atoms with Gasteiger partial charge in [-0.1, -0.05) is 35.9 Å². The Bertz CT molecular complexity index is 1170. The molecule has 2 heterocycles. The van der Waals surface area contributed by atoms with Gasteiger partial charge in [-0.2, -0.15) is 0 Å². The van der Waals surface area contributed by atoms with Gasteiger partial charge in [0.2, 0.25) is 15.9 Å². The van der Waals surface area contributed by atoms with Crippen molar-refractivity contribution in [3.8, 4) is 0 Å². The molecule has 2 aliphatic heterocycles. The van der Waals surface area contributed by atoms with Crippen LogP contribution in [0, 0.1) is 0 Å². The minimum absolute atomic E-state index is 0.0107. The number of benzene rings is 2. The number of nitrogens with one attached hydrogen (secondary N) is 1. The molecule has 2 atom stereocenters. The zero-order chi connectivity index (χ0) is 22.2. The average molecular weight is 483 g/mol. The summed E-state index contributed by atoms with van der Waals surface area (Å²) in [6, 6.07) is 13.8. The molecule has 2 unspecified atom stereocenters. The Balaban J connectivity index is 1.43. The summed E-state index contributed by atoms with van der Waals surface area (Å²) in [4.78, 5) is 14.8. The van der Waals surface area contributed by atoms with E-state index in [4.69, 9.17) is 11.6 Å². The third kappa shape index (κ3) is 4.50. The van der Waals surface area contributed by atoms with Crippen LogP contribution in [0.4, 0.5) is 0 Å². The standard InChI is InChI=1S/C21H23ClN2O5S2/c22-15-5-4-8-19(11-15)31(28,29)23-14-21(25)24-16-9-10-17(24)13-20(12-16)30(26,27)18-6-2-1-3-7-18/h1-8,11,16-17,20,23H,9-10,12-14H2. The first-order valence-electron chi connectivity index (χ1n) is 10.0. The van der Waals surface area contributed by atoms with Gasteiger partial charge in [0, 0.05) is 17.1 Å². The number of halogens is 1. The normalized spacial score (nSPS) is 23.6. The van der Waals surface area contributed by atoms with Gasteiger partial charge >= 0.3 is 0 Å². The second kappa shape index (κ2) is 8.54. The monoisotopic (exact) mass is 482 g/mol. The number of piperidine rings is 1. The molecule has 2 bridgehead atoms. The van der Waals surface area contributed by atoms with Gasteiger partial charge in [-0.05, 0) is 56.0 Å². The van der Waals surface area contributed by atoms with Crippen molar-refractivity contribution in [2.24, 2.45) is 0 Å². The molecule has 10 heteroatoms. The van der Waals surface area contributed by atoms with Crippen molar-refractivity contribution >= 4 is 37.4 Å². The zero-order valence-corrected chi connectivity index (χ0v) is 19.0. The lowest BCUT2D eigenvalue weighted by atomic mass is 10.0. The van der Waals surface area contributed by atoms with E-state index in [-0.39, 0.29) is 34.5 Å². The van der Waals surface area contributed by atoms with E-state index in [0.717, 1.165) is 12.8 Å². The molecule has 2 saturated heterocycles. The summed E-state index contributed by atoms with van der Waals surface area (Å²) in [5, 5.41) is -0.256. The summed E-state index contributed by atoms with van der Waals surface area (Å²) in [5.41, 5.74) is 0. The highest BCUT2D eigenvalue weighted by molar-refractivity contribution is 7.92. The number of hydrogen-bond donors (Lipinski definition) is 1. The van der Waals surface area contributed by atoms with Crippen molar-refractivity contribution in [1.82, 2.24) is 9.62 Å². The van der Waals surface area contributed by atoms with Crippen LogP contribution in [0.5, 0.6) is 0 Å². The molecule has 0 saturated carbocycles. The first-order valence-corrected chi connectivity index (χ1v) is 13.4. The van der Waals surface area contributed by atoms with E-state index < -0.39 is 25.1 Å². The first-order chi connectivity index (χ1) is 14.7. The van der Waals surface area contributed by atoms with Crippen molar-refractivity contribution in [3.05, 3.63) is 59.6 Å². The Hall–Kier alpha value is -1.94. The number of amides is 1. The summed E-state index contributed by atoms with van der Waals surface area (Å²) in [7, 11) is -7.35. The van der Waals surface area contributed by atoms with Crippen molar-refractivity contribution in [1.29, 1.82) is 0 Å². The lowest BCUT2D eigenvalue weighted by Gasteiger charge is -2.38. The second-order valence-corrected chi connectivity index (χ2v) is 12.4. The Morgan fingerprint density at radius 1 is 0.935 bits per heavy atom. The Labute approximate surface area is 187 Å². The lowest BCUT2D eigenvalue weighted by Crippen LogP contribution is -2.52. The molecule has 0 radical (unpaired) electrons. The zero-order valence-electron chi connectivity index (χ0n) is 16.6. The van der Waals surface area contributed by atoms with E-state index in [1.165, 1.54) is 18.2 Å². The van der Waals surface area contributed by atoms with Gasteiger partial charge in [-0.15, -0.1) is 0 Å². The number of nitrogens with zero attached hydrogens (tertiary/aromatic N) is 1. The molecular formula is C21H23ClN2O5S2. The third-order valence-corrected chi connectivity index (χ3v) is 9.83. The summed E-state index contributed by atoms with van der Waals surface area (Å²) < 4.78 is 53.3. The highest BCUT2D eigenvalue weighted by Gasteiger charge is 2.47. The minimum Gasteiger partial charge on any atom is -0.336 e. The Morgan fingerprint density at radius 3 is 2.16 bits per heavy atom. The minimum atomic E-state index is -3.88. The molecule has 2 aromatic carbocycles. The van der Waals surface area contributed by atoms with Crippen LogP contribution in [0.2, 0.25) is 5.02 Å². The maximum Gasteiger partial charge on any atom is 0.241 e. The SMILES string of the molecule is O=C(CNS(=O)(=O)c1cccc(Cl)c1)N1C2CCC1CC(S(=O)(=O)c1ccccc1)C2. The van der Waals surface area contributed by atoms with E-state index in [0.29, 0.717) is 17.7 Å². The van der Waals surface area contributed by atoms with E-state index in [9.17, 15) is 21.6 Å². The van der Waals surface area contributed by atoms with Crippen LogP contribution in [-0.4, -0.2) is 51.5 Å². The molecule has 31 heavy (non-hydrogen) atoms. The second-order valence-electron chi connectivity index (χ2n) is 7.92. The van der Waals surface area contributed by atoms with Gasteiger partial charge in [0.1, 0.15) is 0 Å². The molecule has 2 fully saturated rings. The highest BCUT2D eigenvalue weighted by Crippen LogP contribution is 2.39. The van der Waals surface area contributed by atoms with Gasteiger partial charge in [-0.25, -0.2) is 21.6 Å². The van der Waals surface area contributed by atoms with Crippen LogP contribution in [0.25, 0.3) is 0 Å². The van der Waals surface area contributed by atoms with E-state index >= 15 is 0 Å². The number of fused-ring (bicyclic) bond motifs is 2. The maximum atomic E-state index is 13.0. The molecule has 4 rings (SSSR count). The number of sulfonamides is 1. The average Bonchev–Trinajstić information content (AvgIpc) is 3.01. The van der Waals surface area contributed by atoms with Crippen LogP contribution < -0.4 is 4.72 Å². The summed E-state index contributed by atoms with van der Waals surface area (Å²) in [6.07, 6.45) is 2.16. The number of carbonyl (C=O) groups is 1. The van der Waals surface area contributed by atoms with Gasteiger partial charge in [0.25, 0.3) is 0 Å². The molecule has 1 amide bonds. The number of sulfone groups is 1. The molecule has 1 N–H and O–H groups in total. The van der Waals surface area contributed by atoms with E-state index in [2.05, 4.69) is 4.72 Å². The quantitative estimate of drug-likeness (QED) is 0.682.